The van der Waals surface area contributed by atoms with Crippen LogP contribution in [0.5, 0.6) is 0 Å². The minimum Gasteiger partial charge on any atom is -0.300 e. The molecule has 0 aliphatic heterocycles. The molecule has 1 aliphatic carbocycles. The van der Waals surface area contributed by atoms with E-state index < -0.39 is 0 Å². The van der Waals surface area contributed by atoms with Crippen LogP contribution in [0.4, 0.5) is 0 Å². The van der Waals surface area contributed by atoms with Crippen LogP contribution in [0.25, 0.3) is 5.57 Å². The zero-order chi connectivity index (χ0) is 11.5. The Bertz CT molecular complexity index is 400. The highest BCUT2D eigenvalue weighted by Crippen LogP contribution is 2.32. The number of rotatable bonds is 2. The largest absolute Gasteiger partial charge is 0.300 e. The van der Waals surface area contributed by atoms with Crippen molar-refractivity contribution in [3.05, 3.63) is 42.0 Å². The van der Waals surface area contributed by atoms with Gasteiger partial charge in [-0.1, -0.05) is 36.4 Å². The summed E-state index contributed by atoms with van der Waals surface area (Å²) in [5.74, 6) is 0.758. The van der Waals surface area contributed by atoms with Gasteiger partial charge >= 0.3 is 0 Å². The molecule has 1 aliphatic rings. The van der Waals surface area contributed by atoms with Gasteiger partial charge in [0.05, 0.1) is 0 Å². The molecule has 1 aromatic rings. The summed E-state index contributed by atoms with van der Waals surface area (Å²) in [6.45, 7) is 6.24. The number of aryl methyl sites for hydroxylation is 1. The van der Waals surface area contributed by atoms with E-state index in [4.69, 9.17) is 0 Å². The van der Waals surface area contributed by atoms with Gasteiger partial charge in [-0.3, -0.25) is 4.79 Å². The zero-order valence-electron chi connectivity index (χ0n) is 9.83. The summed E-state index contributed by atoms with van der Waals surface area (Å²) in [5.41, 5.74) is 3.58. The summed E-state index contributed by atoms with van der Waals surface area (Å²) >= 11 is 0. The van der Waals surface area contributed by atoms with Crippen molar-refractivity contribution >= 4 is 11.4 Å². The summed E-state index contributed by atoms with van der Waals surface area (Å²) in [6, 6.07) is 8.42. The quantitative estimate of drug-likeness (QED) is 0.732. The van der Waals surface area contributed by atoms with Crippen LogP contribution in [-0.2, 0) is 4.79 Å². The normalized spacial score (nSPS) is 20.8. The topological polar surface area (TPSA) is 17.1 Å². The lowest BCUT2D eigenvalue weighted by Crippen LogP contribution is -2.15. The lowest BCUT2D eigenvalue weighted by molar-refractivity contribution is -0.120. The summed E-state index contributed by atoms with van der Waals surface area (Å²) in [5, 5.41) is 0. The molecule has 1 unspecified atom stereocenters. The molecule has 1 atom stereocenters. The third-order valence-corrected chi connectivity index (χ3v) is 3.40. The fraction of sp³-hybridized carbons (Fsp3) is 0.400. The number of carbonyl (C=O) groups is 1. The van der Waals surface area contributed by atoms with E-state index in [1.165, 1.54) is 11.1 Å². The van der Waals surface area contributed by atoms with Crippen molar-refractivity contribution in [1.29, 1.82) is 0 Å². The van der Waals surface area contributed by atoms with Crippen molar-refractivity contribution in [2.45, 2.75) is 32.6 Å². The number of hydrogen-bond acceptors (Lipinski definition) is 1. The zero-order valence-corrected chi connectivity index (χ0v) is 9.83. The molecule has 0 amide bonds. The number of ketones is 1. The van der Waals surface area contributed by atoms with Crippen molar-refractivity contribution in [2.24, 2.45) is 5.92 Å². The SMILES string of the molecule is C=C(c1ccc(C)cc1)C1CCCC(=O)C1. The highest BCUT2D eigenvalue weighted by Gasteiger charge is 2.22. The first-order valence-corrected chi connectivity index (χ1v) is 5.94. The van der Waals surface area contributed by atoms with E-state index in [1.54, 1.807) is 0 Å². The van der Waals surface area contributed by atoms with E-state index in [-0.39, 0.29) is 0 Å². The predicted molar refractivity (Wildman–Crippen MR) is 67.2 cm³/mol. The third kappa shape index (κ3) is 2.41. The van der Waals surface area contributed by atoms with E-state index in [0.29, 0.717) is 18.1 Å². The fourth-order valence-corrected chi connectivity index (χ4v) is 2.33. The number of hydrogen-bond donors (Lipinski definition) is 0. The Balaban J connectivity index is 2.12. The van der Waals surface area contributed by atoms with Gasteiger partial charge in [-0.25, -0.2) is 0 Å². The van der Waals surface area contributed by atoms with Crippen LogP contribution in [0.15, 0.2) is 30.8 Å². The average Bonchev–Trinajstić information content (AvgIpc) is 2.29. The Kier molecular flexibility index (Phi) is 3.23. The van der Waals surface area contributed by atoms with Gasteiger partial charge in [0.15, 0.2) is 0 Å². The molecule has 0 heterocycles. The first-order valence-electron chi connectivity index (χ1n) is 5.94. The first kappa shape index (κ1) is 11.1. The molecule has 0 radical (unpaired) electrons. The van der Waals surface area contributed by atoms with Crippen molar-refractivity contribution in [2.75, 3.05) is 0 Å². The van der Waals surface area contributed by atoms with E-state index in [2.05, 4.69) is 37.8 Å². The summed E-state index contributed by atoms with van der Waals surface area (Å²) in [6.07, 6.45) is 3.58. The van der Waals surface area contributed by atoms with Crippen molar-refractivity contribution in [3.8, 4) is 0 Å². The predicted octanol–water partition coefficient (Wildman–Crippen LogP) is 3.77. The van der Waals surface area contributed by atoms with Crippen LogP contribution in [0.2, 0.25) is 0 Å². The Hall–Kier alpha value is -1.37. The van der Waals surface area contributed by atoms with Crippen LogP contribution in [0.1, 0.15) is 36.8 Å². The second kappa shape index (κ2) is 4.65. The molecule has 84 valence electrons. The second-order valence-electron chi connectivity index (χ2n) is 4.72. The number of benzene rings is 1. The van der Waals surface area contributed by atoms with Gasteiger partial charge in [0.2, 0.25) is 0 Å². The maximum absolute atomic E-state index is 11.4. The monoisotopic (exact) mass is 214 g/mol. The standard InChI is InChI=1S/C15H18O/c1-11-6-8-13(9-7-11)12(2)14-4-3-5-15(16)10-14/h6-9,14H,2-5,10H2,1H3. The first-order chi connectivity index (χ1) is 7.66. The third-order valence-electron chi connectivity index (χ3n) is 3.40. The van der Waals surface area contributed by atoms with Gasteiger partial charge in [0.25, 0.3) is 0 Å². The molecule has 1 fully saturated rings. The van der Waals surface area contributed by atoms with Crippen LogP contribution in [0, 0.1) is 12.8 Å². The number of allylic oxidation sites excluding steroid dienone is 1. The van der Waals surface area contributed by atoms with E-state index in [1.807, 2.05) is 0 Å². The molecule has 0 N–H and O–H groups in total. The molecule has 2 rings (SSSR count). The molecular formula is C15H18O. The van der Waals surface area contributed by atoms with Gasteiger partial charge in [0.1, 0.15) is 5.78 Å². The lowest BCUT2D eigenvalue weighted by atomic mass is 9.81. The Morgan fingerprint density at radius 3 is 2.62 bits per heavy atom. The van der Waals surface area contributed by atoms with Crippen molar-refractivity contribution in [1.82, 2.24) is 0 Å². The average molecular weight is 214 g/mol. The molecule has 0 bridgehead atoms. The van der Waals surface area contributed by atoms with Gasteiger partial charge in [-0.2, -0.15) is 0 Å². The minimum absolute atomic E-state index is 0.365. The molecule has 1 nitrogen and oxygen atoms in total. The maximum Gasteiger partial charge on any atom is 0.133 e. The van der Waals surface area contributed by atoms with Crippen molar-refractivity contribution < 1.29 is 4.79 Å². The van der Waals surface area contributed by atoms with Crippen molar-refractivity contribution in [3.63, 3.8) is 0 Å². The van der Waals surface area contributed by atoms with Crippen LogP contribution in [0.3, 0.4) is 0 Å². The van der Waals surface area contributed by atoms with Gasteiger partial charge in [-0.15, -0.1) is 0 Å². The highest BCUT2D eigenvalue weighted by molar-refractivity contribution is 5.82. The smallest absolute Gasteiger partial charge is 0.133 e. The number of Topliss-reactive ketones (excluding diaryl/α,β-unsaturated/α-hetero) is 1. The maximum atomic E-state index is 11.4. The highest BCUT2D eigenvalue weighted by atomic mass is 16.1. The Morgan fingerprint density at radius 1 is 1.31 bits per heavy atom. The summed E-state index contributed by atoms with van der Waals surface area (Å²) in [7, 11) is 0. The molecule has 1 heteroatoms. The second-order valence-corrected chi connectivity index (χ2v) is 4.72. The van der Waals surface area contributed by atoms with E-state index >= 15 is 0 Å². The molecule has 0 saturated heterocycles. The van der Waals surface area contributed by atoms with Crippen LogP contribution in [-0.4, -0.2) is 5.78 Å². The summed E-state index contributed by atoms with van der Waals surface area (Å²) in [4.78, 5) is 11.4. The molecular weight excluding hydrogens is 196 g/mol. The summed E-state index contributed by atoms with van der Waals surface area (Å²) < 4.78 is 0. The molecule has 16 heavy (non-hydrogen) atoms. The van der Waals surface area contributed by atoms with Gasteiger partial charge < -0.3 is 0 Å². The molecule has 0 spiro atoms. The molecule has 1 saturated carbocycles. The van der Waals surface area contributed by atoms with E-state index in [9.17, 15) is 4.79 Å². The molecule has 0 aromatic heterocycles. The Morgan fingerprint density at radius 2 is 2.00 bits per heavy atom. The fourth-order valence-electron chi connectivity index (χ4n) is 2.33. The minimum atomic E-state index is 0.365. The van der Waals surface area contributed by atoms with Gasteiger partial charge in [0, 0.05) is 12.8 Å². The lowest BCUT2D eigenvalue weighted by Gasteiger charge is -2.23. The Labute approximate surface area is 97.2 Å². The molecule has 1 aromatic carbocycles. The number of carbonyl (C=O) groups excluding carboxylic acids is 1. The van der Waals surface area contributed by atoms with Crippen LogP contribution >= 0.6 is 0 Å². The van der Waals surface area contributed by atoms with Gasteiger partial charge in [-0.05, 0) is 36.8 Å². The van der Waals surface area contributed by atoms with Crippen LogP contribution < -0.4 is 0 Å². The van der Waals surface area contributed by atoms with E-state index in [0.717, 1.165) is 24.8 Å².